The van der Waals surface area contributed by atoms with Crippen LogP contribution in [-0.2, 0) is 29.7 Å². The van der Waals surface area contributed by atoms with E-state index < -0.39 is 52.8 Å². The molecule has 284 valence electrons. The van der Waals surface area contributed by atoms with Gasteiger partial charge in [0.05, 0.1) is 28.6 Å². The molecule has 0 aliphatic carbocycles. The highest BCUT2D eigenvalue weighted by atomic mass is 19.1. The van der Waals surface area contributed by atoms with E-state index in [9.17, 15) is 23.6 Å². The van der Waals surface area contributed by atoms with Gasteiger partial charge in [-0.2, -0.15) is 10.2 Å². The van der Waals surface area contributed by atoms with Crippen molar-refractivity contribution in [1.82, 2.24) is 40.1 Å². The van der Waals surface area contributed by atoms with E-state index in [0.29, 0.717) is 71.8 Å². The third-order valence-electron chi connectivity index (χ3n) is 11.3. The Morgan fingerprint density at radius 3 is 2.55 bits per heavy atom. The molecule has 56 heavy (non-hydrogen) atoms. The summed E-state index contributed by atoms with van der Waals surface area (Å²) in [7, 11) is 1.73. The van der Waals surface area contributed by atoms with E-state index in [0.717, 1.165) is 0 Å². The first-order valence-electron chi connectivity index (χ1n) is 18.3. The number of hydrogen-bond acceptors (Lipinski definition) is 9. The van der Waals surface area contributed by atoms with Gasteiger partial charge in [-0.25, -0.2) is 23.3 Å². The SMILES string of the molecule is Cn1ncnc1[C@H]1c2n[nH]c(=O)c3cc(F)cc(c23)N[C@@H]1c1ccc(F)c(C#CC2CCN(Cc3cc4c(cc3F)C(=O)N(C3CCC(=O)NC3=O)C4)CC2)c1. The maximum Gasteiger partial charge on any atom is 0.272 e. The number of hydrogen-bond donors (Lipinski definition) is 3. The van der Waals surface area contributed by atoms with E-state index in [1.807, 2.05) is 0 Å². The van der Waals surface area contributed by atoms with Gasteiger partial charge in [-0.1, -0.05) is 17.9 Å². The highest BCUT2D eigenvalue weighted by Gasteiger charge is 2.40. The molecule has 9 rings (SSSR count). The number of benzene rings is 3. The van der Waals surface area contributed by atoms with Crippen molar-refractivity contribution in [3.05, 3.63) is 116 Å². The Balaban J connectivity index is 0.905. The smallest absolute Gasteiger partial charge is 0.272 e. The van der Waals surface area contributed by atoms with E-state index in [1.165, 1.54) is 35.5 Å². The van der Waals surface area contributed by atoms with E-state index in [-0.39, 0.29) is 47.7 Å². The summed E-state index contributed by atoms with van der Waals surface area (Å²) >= 11 is 0. The molecule has 2 fully saturated rings. The topological polar surface area (TPSA) is 158 Å². The molecule has 0 saturated carbocycles. The van der Waals surface area contributed by atoms with Gasteiger partial charge in [-0.05, 0) is 79.9 Å². The van der Waals surface area contributed by atoms with Crippen molar-refractivity contribution in [1.29, 1.82) is 0 Å². The van der Waals surface area contributed by atoms with Crippen molar-refractivity contribution in [3.63, 3.8) is 0 Å². The molecular weight excluding hydrogens is 727 g/mol. The van der Waals surface area contributed by atoms with Gasteiger partial charge >= 0.3 is 0 Å². The molecule has 3 amide bonds. The summed E-state index contributed by atoms with van der Waals surface area (Å²) in [5.74, 6) is 3.30. The van der Waals surface area contributed by atoms with Crippen LogP contribution in [-0.4, -0.2) is 71.6 Å². The molecule has 3 atom stereocenters. The average Bonchev–Trinajstić information content (AvgIpc) is 3.74. The molecule has 4 aliphatic rings. The summed E-state index contributed by atoms with van der Waals surface area (Å²) in [5, 5.41) is 17.4. The molecule has 2 saturated heterocycles. The summed E-state index contributed by atoms with van der Waals surface area (Å²) in [4.78, 5) is 57.8. The Kier molecular flexibility index (Phi) is 8.68. The number of amides is 3. The van der Waals surface area contributed by atoms with Gasteiger partial charge in [0.25, 0.3) is 11.5 Å². The number of aromatic amines is 1. The molecule has 5 aromatic rings. The van der Waals surface area contributed by atoms with Crippen molar-refractivity contribution in [2.45, 2.75) is 56.8 Å². The molecule has 6 heterocycles. The second kappa shape index (κ2) is 13.7. The molecule has 1 unspecified atom stereocenters. The fourth-order valence-electron chi connectivity index (χ4n) is 8.42. The lowest BCUT2D eigenvalue weighted by Crippen LogP contribution is -2.52. The van der Waals surface area contributed by atoms with Crippen LogP contribution in [0.4, 0.5) is 18.9 Å². The molecule has 3 aromatic carbocycles. The molecule has 13 nitrogen and oxygen atoms in total. The van der Waals surface area contributed by atoms with Crippen LogP contribution in [0.1, 0.15) is 81.8 Å². The van der Waals surface area contributed by atoms with Crippen molar-refractivity contribution in [2.75, 3.05) is 18.4 Å². The van der Waals surface area contributed by atoms with Gasteiger partial charge in [-0.3, -0.25) is 34.1 Å². The molecule has 0 bridgehead atoms. The van der Waals surface area contributed by atoms with Gasteiger partial charge < -0.3 is 10.2 Å². The van der Waals surface area contributed by atoms with Gasteiger partial charge in [0.2, 0.25) is 11.8 Å². The lowest BCUT2D eigenvalue weighted by atomic mass is 9.83. The number of nitrogens with one attached hydrogen (secondary N) is 3. The number of halogens is 3. The Hall–Kier alpha value is -6.34. The van der Waals surface area contributed by atoms with Crippen molar-refractivity contribution in [2.24, 2.45) is 13.0 Å². The van der Waals surface area contributed by atoms with Crippen molar-refractivity contribution >= 4 is 34.2 Å². The lowest BCUT2D eigenvalue weighted by molar-refractivity contribution is -0.136. The Bertz CT molecular complexity index is 2610. The maximum absolute atomic E-state index is 15.3. The zero-order valence-electron chi connectivity index (χ0n) is 30.0. The second-order valence-corrected chi connectivity index (χ2v) is 14.7. The minimum atomic E-state index is -0.774. The van der Waals surface area contributed by atoms with Crippen LogP contribution in [0.3, 0.4) is 0 Å². The van der Waals surface area contributed by atoms with Gasteiger partial charge in [0, 0.05) is 54.7 Å². The zero-order valence-corrected chi connectivity index (χ0v) is 30.0. The van der Waals surface area contributed by atoms with Crippen LogP contribution < -0.4 is 16.2 Å². The molecule has 2 aromatic heterocycles. The number of fused-ring (bicyclic) bond motifs is 1. The number of H-pyrrole nitrogens is 1. The fraction of sp³-hybridized carbons (Fsp3) is 0.325. The normalized spacial score (nSPS) is 21.1. The van der Waals surface area contributed by atoms with E-state index in [4.69, 9.17) is 0 Å². The summed E-state index contributed by atoms with van der Waals surface area (Å²) < 4.78 is 47.0. The Morgan fingerprint density at radius 2 is 1.79 bits per heavy atom. The van der Waals surface area contributed by atoms with Gasteiger partial charge in [0.15, 0.2) is 0 Å². The third-order valence-corrected chi connectivity index (χ3v) is 11.3. The van der Waals surface area contributed by atoms with Crippen molar-refractivity contribution in [3.8, 4) is 11.8 Å². The molecule has 3 N–H and O–H groups in total. The molecule has 16 heteroatoms. The minimum Gasteiger partial charge on any atom is -0.376 e. The average molecular weight is 762 g/mol. The number of aromatic nitrogens is 5. The summed E-state index contributed by atoms with van der Waals surface area (Å²) in [6.07, 6.45) is 3.13. The second-order valence-electron chi connectivity index (χ2n) is 14.7. The van der Waals surface area contributed by atoms with E-state index in [2.05, 4.69) is 47.7 Å². The first kappa shape index (κ1) is 35.4. The monoisotopic (exact) mass is 761 g/mol. The van der Waals surface area contributed by atoms with E-state index in [1.54, 1.807) is 29.9 Å². The summed E-state index contributed by atoms with van der Waals surface area (Å²) in [6, 6.07) is 8.67. The number of carbonyl (C=O) groups is 3. The highest BCUT2D eigenvalue weighted by molar-refractivity contribution is 6.05. The predicted molar refractivity (Wildman–Crippen MR) is 195 cm³/mol. The van der Waals surface area contributed by atoms with Gasteiger partial charge in [0.1, 0.15) is 35.6 Å². The standard InChI is InChI=1S/C40H34F3N9O4/c1-50-37(44-19-45-50)34-35(46-30-15-25(41)14-27-33(30)36(34)48-49-38(27)54)22-4-5-28(42)21(12-22)3-2-20-8-10-51(11-9-20)17-24-13-23-18-52(40(56)26(23)16-29(24)43)31-6-7-32(53)47-39(31)55/h4-5,12-16,19-20,31,34-35,46H,6-11,17-18H2,1H3,(H,49,54)(H,47,53,55)/t31?,34-,35-/m1/s1. The number of piperidine rings is 2. The number of aryl methyl sites for hydroxylation is 1. The number of rotatable bonds is 5. The van der Waals surface area contributed by atoms with Gasteiger partial charge in [-0.15, -0.1) is 0 Å². The van der Waals surface area contributed by atoms with E-state index >= 15 is 8.78 Å². The first-order valence-corrected chi connectivity index (χ1v) is 18.3. The summed E-state index contributed by atoms with van der Waals surface area (Å²) in [6.45, 7) is 1.75. The molecule has 0 radical (unpaired) electrons. The predicted octanol–water partition coefficient (Wildman–Crippen LogP) is 3.79. The number of nitrogens with zero attached hydrogens (tertiary/aromatic N) is 6. The molecule has 0 spiro atoms. The molecule has 4 aliphatic heterocycles. The van der Waals surface area contributed by atoms with Crippen LogP contribution in [0.2, 0.25) is 0 Å². The van der Waals surface area contributed by atoms with Crippen LogP contribution in [0.25, 0.3) is 10.8 Å². The number of imide groups is 1. The quantitative estimate of drug-likeness (QED) is 0.179. The van der Waals surface area contributed by atoms with Crippen molar-refractivity contribution < 1.29 is 27.6 Å². The minimum absolute atomic E-state index is 0.0356. The number of likely N-dealkylation sites (tertiary alicyclic amines) is 1. The molecular formula is C40H34F3N9O4. The highest BCUT2D eigenvalue weighted by Crippen LogP contribution is 2.46. The zero-order chi connectivity index (χ0) is 38.8. The Labute approximate surface area is 317 Å². The number of anilines is 1. The van der Waals surface area contributed by atoms with Crippen LogP contribution in [0.5, 0.6) is 0 Å². The van der Waals surface area contributed by atoms with Crippen LogP contribution in [0, 0.1) is 35.2 Å². The lowest BCUT2D eigenvalue weighted by Gasteiger charge is -2.33. The third kappa shape index (κ3) is 6.17. The first-order chi connectivity index (χ1) is 27.0. The Morgan fingerprint density at radius 1 is 0.964 bits per heavy atom. The largest absolute Gasteiger partial charge is 0.376 e. The van der Waals surface area contributed by atoms with Crippen LogP contribution in [0.15, 0.2) is 53.6 Å². The fourth-order valence-corrected chi connectivity index (χ4v) is 8.42. The van der Waals surface area contributed by atoms with Crippen LogP contribution >= 0.6 is 0 Å². The maximum atomic E-state index is 15.3. The number of carbonyl (C=O) groups excluding carboxylic acids is 3. The summed E-state index contributed by atoms with van der Waals surface area (Å²) in [5.41, 5.74) is 2.48.